The molecule has 3 heterocycles. The van der Waals surface area contributed by atoms with Gasteiger partial charge in [-0.1, -0.05) is 55.5 Å². The van der Waals surface area contributed by atoms with E-state index in [9.17, 15) is 27.6 Å². The van der Waals surface area contributed by atoms with Gasteiger partial charge in [-0.2, -0.15) is 4.31 Å². The van der Waals surface area contributed by atoms with E-state index in [1.807, 2.05) is 36.4 Å². The van der Waals surface area contributed by atoms with Crippen molar-refractivity contribution < 1.29 is 37.1 Å². The quantitative estimate of drug-likeness (QED) is 0.315. The predicted octanol–water partition coefficient (Wildman–Crippen LogP) is 1.70. The van der Waals surface area contributed by atoms with E-state index in [4.69, 9.17) is 9.47 Å². The molecule has 5 rings (SSSR count). The summed E-state index contributed by atoms with van der Waals surface area (Å²) in [6.45, 7) is 3.48. The van der Waals surface area contributed by atoms with Gasteiger partial charge in [-0.3, -0.25) is 19.2 Å². The maximum atomic E-state index is 14.2. The molecule has 13 heteroatoms. The molecule has 0 bridgehead atoms. The number of cyclic esters (lactones) is 1. The molecule has 0 aliphatic carbocycles. The molecule has 0 spiro atoms. The normalized spacial score (nSPS) is 26.8. The highest BCUT2D eigenvalue weighted by molar-refractivity contribution is 7.89. The van der Waals surface area contributed by atoms with Crippen molar-refractivity contribution in [2.45, 2.75) is 70.0 Å². The molecule has 2 aromatic rings. The Hall–Kier alpha value is -3.81. The molecule has 2 fully saturated rings. The fourth-order valence-corrected chi connectivity index (χ4v) is 7.61. The van der Waals surface area contributed by atoms with E-state index in [1.54, 1.807) is 32.1 Å². The van der Waals surface area contributed by atoms with Gasteiger partial charge in [0.15, 0.2) is 0 Å². The molecule has 2 unspecified atom stereocenters. The Bertz CT molecular complexity index is 1560. The molecule has 0 saturated carbocycles. The second-order valence-electron chi connectivity index (χ2n) is 11.2. The molecule has 236 valence electrons. The van der Waals surface area contributed by atoms with Gasteiger partial charge in [0.1, 0.15) is 18.1 Å². The number of amides is 3. The van der Waals surface area contributed by atoms with E-state index in [0.29, 0.717) is 18.4 Å². The second-order valence-corrected chi connectivity index (χ2v) is 13.3. The van der Waals surface area contributed by atoms with Crippen LogP contribution in [-0.4, -0.2) is 97.2 Å². The Kier molecular flexibility index (Phi) is 9.66. The van der Waals surface area contributed by atoms with Crippen LogP contribution in [0.4, 0.5) is 0 Å². The monoisotopic (exact) mass is 626 g/mol. The number of sulfonamides is 1. The number of piperazine rings is 1. The third kappa shape index (κ3) is 6.64. The highest BCUT2D eigenvalue weighted by atomic mass is 32.2. The molecule has 5 atom stereocenters. The zero-order valence-corrected chi connectivity index (χ0v) is 25.6. The van der Waals surface area contributed by atoms with E-state index in [1.165, 1.54) is 9.21 Å². The van der Waals surface area contributed by atoms with Crippen molar-refractivity contribution in [3.05, 3.63) is 60.2 Å². The molecule has 12 nitrogen and oxygen atoms in total. The fourth-order valence-electron chi connectivity index (χ4n) is 6.07. The van der Waals surface area contributed by atoms with Crippen molar-refractivity contribution in [2.75, 3.05) is 25.4 Å². The Morgan fingerprint density at radius 1 is 1.00 bits per heavy atom. The zero-order chi connectivity index (χ0) is 31.4. The average Bonchev–Trinajstić information content (AvgIpc) is 3.34. The molecule has 0 aromatic heterocycles. The predicted molar refractivity (Wildman–Crippen MR) is 162 cm³/mol. The Morgan fingerprint density at radius 3 is 2.52 bits per heavy atom. The van der Waals surface area contributed by atoms with Crippen LogP contribution < -0.4 is 10.6 Å². The van der Waals surface area contributed by atoms with E-state index in [2.05, 4.69) is 10.6 Å². The topological polar surface area (TPSA) is 151 Å². The first kappa shape index (κ1) is 31.6. The van der Waals surface area contributed by atoms with Crippen LogP contribution in [0.2, 0.25) is 0 Å². The van der Waals surface area contributed by atoms with E-state index < -0.39 is 64.2 Å². The summed E-state index contributed by atoms with van der Waals surface area (Å²) >= 11 is 0. The van der Waals surface area contributed by atoms with Gasteiger partial charge in [-0.25, -0.2) is 8.42 Å². The molecule has 3 aliphatic heterocycles. The minimum Gasteiger partial charge on any atom is -0.433 e. The van der Waals surface area contributed by atoms with Gasteiger partial charge in [0.2, 0.25) is 28.1 Å². The molecule has 2 saturated heterocycles. The van der Waals surface area contributed by atoms with Gasteiger partial charge in [0.05, 0.1) is 12.2 Å². The summed E-state index contributed by atoms with van der Waals surface area (Å²) in [4.78, 5) is 55.1. The smallest absolute Gasteiger partial charge is 0.310 e. The highest BCUT2D eigenvalue weighted by Gasteiger charge is 2.47. The summed E-state index contributed by atoms with van der Waals surface area (Å²) in [5.74, 6) is -2.18. The fraction of sp³-hybridized carbons (Fsp3) is 0.484. The van der Waals surface area contributed by atoms with E-state index >= 15 is 0 Å². The van der Waals surface area contributed by atoms with Crippen LogP contribution in [0.25, 0.3) is 10.8 Å². The number of carbonyl (C=O) groups excluding carboxylic acids is 4. The van der Waals surface area contributed by atoms with E-state index in [0.717, 1.165) is 10.8 Å². The number of ether oxygens (including phenoxy) is 2. The van der Waals surface area contributed by atoms with Crippen LogP contribution >= 0.6 is 0 Å². The second kappa shape index (κ2) is 13.4. The van der Waals surface area contributed by atoms with Gasteiger partial charge in [-0.05, 0) is 43.0 Å². The summed E-state index contributed by atoms with van der Waals surface area (Å²) in [5.41, 5.74) is 0.413. The Morgan fingerprint density at radius 2 is 1.75 bits per heavy atom. The molecular formula is C31H38N4O8S. The summed E-state index contributed by atoms with van der Waals surface area (Å²) in [7, 11) is -3.72. The summed E-state index contributed by atoms with van der Waals surface area (Å²) in [5, 5.41) is 7.27. The van der Waals surface area contributed by atoms with Crippen LogP contribution in [0, 0.1) is 0 Å². The highest BCUT2D eigenvalue weighted by Crippen LogP contribution is 2.27. The van der Waals surface area contributed by atoms with Crippen LogP contribution in [0.15, 0.2) is 54.6 Å². The third-order valence-corrected chi connectivity index (χ3v) is 10.1. The maximum absolute atomic E-state index is 14.2. The van der Waals surface area contributed by atoms with Crippen molar-refractivity contribution in [3.63, 3.8) is 0 Å². The molecule has 0 radical (unpaired) electrons. The summed E-state index contributed by atoms with van der Waals surface area (Å²) in [6, 6.07) is 9.14. The lowest BCUT2D eigenvalue weighted by molar-refractivity contribution is -0.165. The lowest BCUT2D eigenvalue weighted by Gasteiger charge is -2.47. The van der Waals surface area contributed by atoms with Crippen molar-refractivity contribution in [3.8, 4) is 0 Å². The number of hydrogen-bond acceptors (Lipinski definition) is 8. The van der Waals surface area contributed by atoms with Crippen LogP contribution in [0.1, 0.15) is 49.9 Å². The van der Waals surface area contributed by atoms with Gasteiger partial charge >= 0.3 is 5.97 Å². The van der Waals surface area contributed by atoms with Gasteiger partial charge in [0.25, 0.3) is 5.91 Å². The first-order chi connectivity index (χ1) is 21.1. The molecular weight excluding hydrogens is 588 g/mol. The first-order valence-electron chi connectivity index (χ1n) is 15.0. The van der Waals surface area contributed by atoms with Gasteiger partial charge < -0.3 is 25.0 Å². The van der Waals surface area contributed by atoms with E-state index in [-0.39, 0.29) is 38.3 Å². The third-order valence-electron chi connectivity index (χ3n) is 8.14. The SMILES string of the molecule is CCCS(=O)(=O)N1C[C@@H]2C/C=C\C[C@H](NC(=O)c3cccc4ccccc34)C(=O)N2[C@H](C(=O)NC2CC(=O)OC2OCC)C1. The van der Waals surface area contributed by atoms with Gasteiger partial charge in [0, 0.05) is 31.3 Å². The summed E-state index contributed by atoms with van der Waals surface area (Å²) < 4.78 is 38.3. The standard InChI is InChI=1S/C31H38N4O8S/c1-3-16-44(40,41)34-18-21-12-6-8-15-24(32-28(37)23-14-9-11-20-10-5-7-13-22(20)23)30(39)35(21)26(19-34)29(38)33-25-17-27(36)43-31(25)42-4-2/h5-11,13-14,21,24-26,31H,3-4,12,15-19H2,1-2H3,(H,32,37)(H,33,38)/b8-6-/t21-,24-,25?,26-,31?/m0/s1. The summed E-state index contributed by atoms with van der Waals surface area (Å²) in [6.07, 6.45) is 3.45. The number of esters is 1. The van der Waals surface area contributed by atoms with Crippen molar-refractivity contribution in [1.82, 2.24) is 19.8 Å². The molecule has 2 aromatic carbocycles. The molecule has 44 heavy (non-hydrogen) atoms. The number of carbonyl (C=O) groups is 4. The number of nitrogens with one attached hydrogen (secondary N) is 2. The van der Waals surface area contributed by atoms with Crippen LogP contribution in [0.3, 0.4) is 0 Å². The van der Waals surface area contributed by atoms with Crippen LogP contribution in [0.5, 0.6) is 0 Å². The number of benzene rings is 2. The first-order valence-corrected chi connectivity index (χ1v) is 16.6. The number of fused-ring (bicyclic) bond motifs is 2. The Labute approximate surface area is 256 Å². The lowest BCUT2D eigenvalue weighted by atomic mass is 9.97. The van der Waals surface area contributed by atoms with Gasteiger partial charge in [-0.15, -0.1) is 0 Å². The number of hydrogen-bond donors (Lipinski definition) is 2. The molecule has 3 amide bonds. The van der Waals surface area contributed by atoms with Crippen LogP contribution in [-0.2, 0) is 33.9 Å². The largest absolute Gasteiger partial charge is 0.433 e. The average molecular weight is 627 g/mol. The van der Waals surface area contributed by atoms with Crippen molar-refractivity contribution in [2.24, 2.45) is 0 Å². The minimum absolute atomic E-state index is 0.0127. The number of nitrogens with zero attached hydrogens (tertiary/aromatic N) is 2. The molecule has 3 aliphatic rings. The minimum atomic E-state index is -3.72. The maximum Gasteiger partial charge on any atom is 0.310 e. The zero-order valence-electron chi connectivity index (χ0n) is 24.8. The molecule has 2 N–H and O–H groups in total. The number of rotatable bonds is 9. The Balaban J connectivity index is 1.44. The lowest BCUT2D eigenvalue weighted by Crippen LogP contribution is -2.68. The van der Waals surface area contributed by atoms with Crippen molar-refractivity contribution in [1.29, 1.82) is 0 Å². The van der Waals surface area contributed by atoms with Crippen molar-refractivity contribution >= 4 is 44.5 Å².